The van der Waals surface area contributed by atoms with E-state index in [0.29, 0.717) is 24.1 Å². The maximum absolute atomic E-state index is 12.7. The Hall–Kier alpha value is -3.07. The van der Waals surface area contributed by atoms with Crippen LogP contribution in [0.3, 0.4) is 0 Å². The number of aromatic nitrogens is 1. The number of nitrogens with zero attached hydrogens (tertiary/aromatic N) is 2. The molecule has 1 aromatic carbocycles. The number of carbonyl (C=O) groups excluding carboxylic acids is 3. The molecule has 34 heavy (non-hydrogen) atoms. The molecular formula is C25H36N2O7. The molecule has 1 heterocycles. The second-order valence-electron chi connectivity index (χ2n) is 9.30. The molecule has 0 saturated carbocycles. The van der Waals surface area contributed by atoms with Gasteiger partial charge in [-0.25, -0.2) is 4.79 Å². The second-order valence-corrected chi connectivity index (χ2v) is 9.30. The summed E-state index contributed by atoms with van der Waals surface area (Å²) in [7, 11) is 5.57. The fourth-order valence-corrected chi connectivity index (χ4v) is 3.32. The Morgan fingerprint density at radius 2 is 1.68 bits per heavy atom. The average molecular weight is 477 g/mol. The van der Waals surface area contributed by atoms with Crippen molar-refractivity contribution in [3.63, 3.8) is 0 Å². The maximum atomic E-state index is 12.7. The lowest BCUT2D eigenvalue weighted by Gasteiger charge is -2.19. The van der Waals surface area contributed by atoms with Gasteiger partial charge in [0.05, 0.1) is 12.6 Å². The highest BCUT2D eigenvalue weighted by Crippen LogP contribution is 2.27. The molecule has 9 heteroatoms. The zero-order chi connectivity index (χ0) is 25.3. The Bertz CT molecular complexity index is 989. The predicted octanol–water partition coefficient (Wildman–Crippen LogP) is 4.14. The Kier molecular flexibility index (Phi) is 9.92. The highest BCUT2D eigenvalue weighted by molar-refractivity contribution is 5.92. The highest BCUT2D eigenvalue weighted by Gasteiger charge is 2.17. The third-order valence-electron chi connectivity index (χ3n) is 4.95. The van der Waals surface area contributed by atoms with Crippen molar-refractivity contribution in [2.45, 2.75) is 58.5 Å². The summed E-state index contributed by atoms with van der Waals surface area (Å²) < 4.78 is 22.1. The van der Waals surface area contributed by atoms with E-state index in [1.165, 1.54) is 4.57 Å². The average Bonchev–Trinajstić information content (AvgIpc) is 3.12. The molecule has 0 aliphatic carbocycles. The van der Waals surface area contributed by atoms with Gasteiger partial charge in [0.25, 0.3) is 0 Å². The minimum Gasteiger partial charge on any atom is -0.497 e. The van der Waals surface area contributed by atoms with Crippen molar-refractivity contribution in [2.24, 2.45) is 0 Å². The third kappa shape index (κ3) is 8.70. The zero-order valence-electron chi connectivity index (χ0n) is 21.0. The van der Waals surface area contributed by atoms with Crippen LogP contribution in [0, 0.1) is 0 Å². The standard InChI is InChI=1S/C25H36N2O7/c1-25(2,3)34-23(29)10-8-7-9-22(28)32-17-33-24(30)27-16-18(13-14-26(4)5)20-15-19(31-6)11-12-21(20)27/h11-12,15-16H,7-10,13-14,17H2,1-6H3. The van der Waals surface area contributed by atoms with Gasteiger partial charge in [-0.2, -0.15) is 0 Å². The van der Waals surface area contributed by atoms with E-state index in [-0.39, 0.29) is 18.8 Å². The second kappa shape index (κ2) is 12.4. The summed E-state index contributed by atoms with van der Waals surface area (Å²) >= 11 is 0. The summed E-state index contributed by atoms with van der Waals surface area (Å²) in [6.45, 7) is 5.76. The number of hydrogen-bond donors (Lipinski definition) is 0. The first-order valence-corrected chi connectivity index (χ1v) is 11.4. The van der Waals surface area contributed by atoms with E-state index in [4.69, 9.17) is 18.9 Å². The van der Waals surface area contributed by atoms with Crippen LogP contribution < -0.4 is 4.74 Å². The van der Waals surface area contributed by atoms with Gasteiger partial charge in [-0.3, -0.25) is 14.2 Å². The number of carbonyl (C=O) groups is 3. The first-order chi connectivity index (χ1) is 16.0. The van der Waals surface area contributed by atoms with E-state index in [9.17, 15) is 14.4 Å². The topological polar surface area (TPSA) is 96.3 Å². The van der Waals surface area contributed by atoms with Crippen LogP contribution in [0.2, 0.25) is 0 Å². The van der Waals surface area contributed by atoms with Gasteiger partial charge >= 0.3 is 18.0 Å². The minimum absolute atomic E-state index is 0.126. The van der Waals surface area contributed by atoms with E-state index < -0.39 is 24.5 Å². The van der Waals surface area contributed by atoms with E-state index in [0.717, 1.165) is 23.9 Å². The van der Waals surface area contributed by atoms with Crippen LogP contribution in [0.4, 0.5) is 4.79 Å². The van der Waals surface area contributed by atoms with Gasteiger partial charge in [0.1, 0.15) is 11.4 Å². The summed E-state index contributed by atoms with van der Waals surface area (Å²) in [6, 6.07) is 5.46. The monoisotopic (exact) mass is 476 g/mol. The Labute approximate surface area is 200 Å². The Balaban J connectivity index is 1.85. The number of unbranched alkanes of at least 4 members (excludes halogenated alkanes) is 1. The van der Waals surface area contributed by atoms with Gasteiger partial charge < -0.3 is 23.8 Å². The zero-order valence-corrected chi connectivity index (χ0v) is 21.0. The number of benzene rings is 1. The first-order valence-electron chi connectivity index (χ1n) is 11.4. The molecule has 1 aromatic heterocycles. The molecule has 0 saturated heterocycles. The summed E-state index contributed by atoms with van der Waals surface area (Å²) in [4.78, 5) is 38.3. The molecule has 0 spiro atoms. The fraction of sp³-hybridized carbons (Fsp3) is 0.560. The lowest BCUT2D eigenvalue weighted by molar-refractivity contribution is -0.156. The summed E-state index contributed by atoms with van der Waals surface area (Å²) in [5, 5.41) is 0.903. The van der Waals surface area contributed by atoms with Crippen LogP contribution in [-0.4, -0.2) is 67.6 Å². The molecule has 0 unspecified atom stereocenters. The predicted molar refractivity (Wildman–Crippen MR) is 128 cm³/mol. The van der Waals surface area contributed by atoms with Crippen LogP contribution in [0.25, 0.3) is 10.9 Å². The Morgan fingerprint density at radius 3 is 2.29 bits per heavy atom. The van der Waals surface area contributed by atoms with Gasteiger partial charge in [0, 0.05) is 31.0 Å². The van der Waals surface area contributed by atoms with E-state index in [2.05, 4.69) is 4.90 Å². The molecule has 9 nitrogen and oxygen atoms in total. The molecule has 188 valence electrons. The molecular weight excluding hydrogens is 440 g/mol. The van der Waals surface area contributed by atoms with Crippen LogP contribution in [0.15, 0.2) is 24.4 Å². The normalized spacial score (nSPS) is 11.5. The maximum Gasteiger partial charge on any atom is 0.421 e. The van der Waals surface area contributed by atoms with Gasteiger partial charge in [-0.15, -0.1) is 0 Å². The largest absolute Gasteiger partial charge is 0.497 e. The molecule has 0 aliphatic rings. The lowest BCUT2D eigenvalue weighted by Crippen LogP contribution is -2.23. The minimum atomic E-state index is -0.635. The van der Waals surface area contributed by atoms with Crippen molar-refractivity contribution in [1.29, 1.82) is 0 Å². The molecule has 2 aromatic rings. The SMILES string of the molecule is COc1ccc2c(c1)c(CCN(C)C)cn2C(=O)OCOC(=O)CCCCC(=O)OC(C)(C)C. The van der Waals surface area contributed by atoms with Crippen molar-refractivity contribution in [1.82, 2.24) is 9.47 Å². The van der Waals surface area contributed by atoms with E-state index in [1.54, 1.807) is 25.4 Å². The lowest BCUT2D eigenvalue weighted by atomic mass is 10.1. The van der Waals surface area contributed by atoms with Crippen molar-refractivity contribution in [2.75, 3.05) is 34.5 Å². The number of rotatable bonds is 11. The summed E-state index contributed by atoms with van der Waals surface area (Å²) in [5.41, 5.74) is 1.15. The van der Waals surface area contributed by atoms with E-state index >= 15 is 0 Å². The van der Waals surface area contributed by atoms with Gasteiger partial charge in [-0.1, -0.05) is 0 Å². The molecule has 0 aliphatic heterocycles. The number of fused-ring (bicyclic) bond motifs is 1. The number of likely N-dealkylation sites (N-methyl/N-ethyl adjacent to an activating group) is 1. The van der Waals surface area contributed by atoms with Gasteiger partial charge in [0.15, 0.2) is 0 Å². The number of hydrogen-bond acceptors (Lipinski definition) is 8. The van der Waals surface area contributed by atoms with Crippen molar-refractivity contribution < 1.29 is 33.3 Å². The molecule has 0 amide bonds. The molecule has 0 N–H and O–H groups in total. The third-order valence-corrected chi connectivity index (χ3v) is 4.95. The van der Waals surface area contributed by atoms with Gasteiger partial charge in [-0.05, 0) is 77.9 Å². The molecule has 0 radical (unpaired) electrons. The van der Waals surface area contributed by atoms with Crippen LogP contribution in [0.1, 0.15) is 52.0 Å². The number of methoxy groups -OCH3 is 1. The first kappa shape index (κ1) is 27.2. The number of ether oxygens (including phenoxy) is 4. The van der Waals surface area contributed by atoms with Crippen molar-refractivity contribution in [3.05, 3.63) is 30.0 Å². The molecule has 2 rings (SSSR count). The summed E-state index contributed by atoms with van der Waals surface area (Å²) in [6.07, 6.45) is 3.21. The smallest absolute Gasteiger partial charge is 0.421 e. The highest BCUT2D eigenvalue weighted by atomic mass is 16.7. The fourth-order valence-electron chi connectivity index (χ4n) is 3.32. The van der Waals surface area contributed by atoms with Gasteiger partial charge in [0.2, 0.25) is 6.79 Å². The number of esters is 2. The summed E-state index contributed by atoms with van der Waals surface area (Å²) in [5.74, 6) is -0.0904. The van der Waals surface area contributed by atoms with Crippen molar-refractivity contribution in [3.8, 4) is 5.75 Å². The van der Waals surface area contributed by atoms with Crippen LogP contribution in [0.5, 0.6) is 5.75 Å². The molecule has 0 atom stereocenters. The molecule has 0 bridgehead atoms. The molecule has 0 fully saturated rings. The Morgan fingerprint density at radius 1 is 1.00 bits per heavy atom. The quantitative estimate of drug-likeness (QED) is 0.271. The van der Waals surface area contributed by atoms with E-state index in [1.807, 2.05) is 40.9 Å². The van der Waals surface area contributed by atoms with Crippen LogP contribution >= 0.6 is 0 Å². The van der Waals surface area contributed by atoms with Crippen molar-refractivity contribution >= 4 is 28.9 Å². The van der Waals surface area contributed by atoms with Crippen LogP contribution in [-0.2, 0) is 30.2 Å².